The summed E-state index contributed by atoms with van der Waals surface area (Å²) in [6.07, 6.45) is 2.65. The van der Waals surface area contributed by atoms with Crippen LogP contribution in [0.4, 0.5) is 15.8 Å². The largest absolute Gasteiger partial charge is 0.339 e. The number of halogens is 1. The highest BCUT2D eigenvalue weighted by Crippen LogP contribution is 2.30. The normalized spacial score (nSPS) is 10.3. The molecule has 3 heteroatoms. The first-order valence-corrected chi connectivity index (χ1v) is 6.84. The summed E-state index contributed by atoms with van der Waals surface area (Å²) in [6.45, 7) is 2.77. The van der Waals surface area contributed by atoms with Crippen LogP contribution in [-0.4, -0.2) is 12.8 Å². The monoisotopic (exact) mass is 271 g/mol. The molecule has 2 nitrogen and oxygen atoms in total. The van der Waals surface area contributed by atoms with Crippen LogP contribution in [0, 0.1) is 5.82 Å². The van der Waals surface area contributed by atoms with Crippen LogP contribution in [0.1, 0.15) is 30.1 Å². The van der Waals surface area contributed by atoms with E-state index in [2.05, 4.69) is 6.92 Å². The molecule has 0 atom stereocenters. The number of rotatable bonds is 6. The van der Waals surface area contributed by atoms with Gasteiger partial charge >= 0.3 is 0 Å². The van der Waals surface area contributed by atoms with Crippen molar-refractivity contribution in [3.63, 3.8) is 0 Å². The first-order valence-electron chi connectivity index (χ1n) is 6.84. The Morgan fingerprint density at radius 2 is 1.85 bits per heavy atom. The fraction of sp³-hybridized carbons (Fsp3) is 0.235. The molecule has 0 aliphatic rings. The van der Waals surface area contributed by atoms with Gasteiger partial charge in [0.2, 0.25) is 0 Å². The third kappa shape index (κ3) is 3.05. The molecule has 0 unspecified atom stereocenters. The molecule has 2 aromatic carbocycles. The summed E-state index contributed by atoms with van der Waals surface area (Å²) in [6, 6.07) is 14.2. The Bertz CT molecular complexity index is 568. The van der Waals surface area contributed by atoms with E-state index >= 15 is 0 Å². The van der Waals surface area contributed by atoms with E-state index in [1.807, 2.05) is 35.2 Å². The molecule has 0 aliphatic heterocycles. The molecule has 0 aromatic heterocycles. The van der Waals surface area contributed by atoms with Crippen molar-refractivity contribution in [1.82, 2.24) is 0 Å². The molecular formula is C17H18FNO. The third-order valence-corrected chi connectivity index (χ3v) is 3.22. The van der Waals surface area contributed by atoms with Crippen LogP contribution in [0.5, 0.6) is 0 Å². The van der Waals surface area contributed by atoms with Gasteiger partial charge in [-0.2, -0.15) is 0 Å². The van der Waals surface area contributed by atoms with Crippen LogP contribution >= 0.6 is 0 Å². The average molecular weight is 271 g/mol. The number of unbranched alkanes of at least 4 members (excludes halogenated alkanes) is 1. The van der Waals surface area contributed by atoms with Crippen LogP contribution in [0.15, 0.2) is 48.5 Å². The lowest BCUT2D eigenvalue weighted by molar-refractivity contribution is 0.112. The minimum Gasteiger partial charge on any atom is -0.339 e. The van der Waals surface area contributed by atoms with Crippen molar-refractivity contribution in [1.29, 1.82) is 0 Å². The Balaban J connectivity index is 2.49. The molecule has 0 saturated carbocycles. The van der Waals surface area contributed by atoms with Crippen LogP contribution in [0.2, 0.25) is 0 Å². The number of carbonyl (C=O) groups is 1. The molecule has 2 rings (SSSR count). The fourth-order valence-corrected chi connectivity index (χ4v) is 2.21. The number of para-hydroxylation sites is 2. The van der Waals surface area contributed by atoms with Crippen molar-refractivity contribution < 1.29 is 9.18 Å². The Labute approximate surface area is 118 Å². The minimum absolute atomic E-state index is 0.363. The topological polar surface area (TPSA) is 20.3 Å². The van der Waals surface area contributed by atoms with Crippen LogP contribution in [0.3, 0.4) is 0 Å². The highest BCUT2D eigenvalue weighted by Gasteiger charge is 2.17. The van der Waals surface area contributed by atoms with E-state index < -0.39 is 0 Å². The van der Waals surface area contributed by atoms with Gasteiger partial charge in [-0.25, -0.2) is 4.39 Å². The number of hydrogen-bond donors (Lipinski definition) is 0. The van der Waals surface area contributed by atoms with E-state index in [0.717, 1.165) is 18.5 Å². The number of nitrogens with zero attached hydrogens (tertiary/aromatic N) is 1. The Morgan fingerprint density at radius 1 is 1.10 bits per heavy atom. The zero-order chi connectivity index (χ0) is 14.4. The Hall–Kier alpha value is -2.16. The maximum absolute atomic E-state index is 14.2. The number of carbonyl (C=O) groups excluding carboxylic acids is 1. The summed E-state index contributed by atoms with van der Waals surface area (Å²) in [5.74, 6) is -0.366. The van der Waals surface area contributed by atoms with Crippen molar-refractivity contribution in [2.75, 3.05) is 11.4 Å². The fourth-order valence-electron chi connectivity index (χ4n) is 2.21. The highest BCUT2D eigenvalue weighted by atomic mass is 19.1. The smallest absolute Gasteiger partial charge is 0.152 e. The number of hydrogen-bond acceptors (Lipinski definition) is 2. The van der Waals surface area contributed by atoms with Gasteiger partial charge < -0.3 is 4.90 Å². The van der Waals surface area contributed by atoms with E-state index in [1.54, 1.807) is 12.1 Å². The first-order chi connectivity index (χ1) is 9.77. The van der Waals surface area contributed by atoms with Crippen molar-refractivity contribution in [2.45, 2.75) is 19.8 Å². The third-order valence-electron chi connectivity index (χ3n) is 3.22. The van der Waals surface area contributed by atoms with Gasteiger partial charge in [-0.3, -0.25) is 4.79 Å². The maximum Gasteiger partial charge on any atom is 0.152 e. The van der Waals surface area contributed by atoms with Gasteiger partial charge in [0.05, 0.1) is 5.69 Å². The van der Waals surface area contributed by atoms with Gasteiger partial charge in [0.1, 0.15) is 5.82 Å². The zero-order valence-electron chi connectivity index (χ0n) is 11.6. The average Bonchev–Trinajstić information content (AvgIpc) is 2.50. The SMILES string of the molecule is CCCCN(c1ccccc1)c1c(F)cccc1C=O. The molecule has 0 radical (unpaired) electrons. The highest BCUT2D eigenvalue weighted by molar-refractivity contribution is 5.87. The summed E-state index contributed by atoms with van der Waals surface area (Å²) in [7, 11) is 0. The molecule has 0 amide bonds. The summed E-state index contributed by atoms with van der Waals surface area (Å²) in [5, 5.41) is 0. The predicted octanol–water partition coefficient (Wildman–Crippen LogP) is 4.58. The molecule has 0 fully saturated rings. The summed E-state index contributed by atoms with van der Waals surface area (Å²) in [4.78, 5) is 13.1. The Kier molecular flexibility index (Phi) is 4.88. The van der Waals surface area contributed by atoms with Crippen LogP contribution in [-0.2, 0) is 0 Å². The molecular weight excluding hydrogens is 253 g/mol. The first kappa shape index (κ1) is 14.3. The van der Waals surface area contributed by atoms with E-state index in [0.29, 0.717) is 24.1 Å². The number of aldehydes is 1. The standard InChI is InChI=1S/C17H18FNO/c1-2-3-12-19(15-9-5-4-6-10-15)17-14(13-20)8-7-11-16(17)18/h4-11,13H,2-3,12H2,1H3. The van der Waals surface area contributed by atoms with Gasteiger partial charge in [0, 0.05) is 17.8 Å². The summed E-state index contributed by atoms with van der Waals surface area (Å²) in [5.41, 5.74) is 1.64. The van der Waals surface area contributed by atoms with E-state index in [-0.39, 0.29) is 5.82 Å². The van der Waals surface area contributed by atoms with Crippen LogP contribution < -0.4 is 4.90 Å². The summed E-state index contributed by atoms with van der Waals surface area (Å²) < 4.78 is 14.2. The summed E-state index contributed by atoms with van der Waals surface area (Å²) >= 11 is 0. The van der Waals surface area contributed by atoms with Crippen LogP contribution in [0.25, 0.3) is 0 Å². The second-order valence-electron chi connectivity index (χ2n) is 4.64. The molecule has 104 valence electrons. The van der Waals surface area contributed by atoms with Gasteiger partial charge in [-0.1, -0.05) is 37.6 Å². The molecule has 0 aliphatic carbocycles. The lowest BCUT2D eigenvalue weighted by Gasteiger charge is -2.26. The molecule has 20 heavy (non-hydrogen) atoms. The number of anilines is 2. The quantitative estimate of drug-likeness (QED) is 0.717. The lowest BCUT2D eigenvalue weighted by atomic mass is 10.1. The van der Waals surface area contributed by atoms with E-state index in [1.165, 1.54) is 6.07 Å². The van der Waals surface area contributed by atoms with Gasteiger partial charge in [0.25, 0.3) is 0 Å². The molecule has 0 N–H and O–H groups in total. The van der Waals surface area contributed by atoms with Crippen molar-refractivity contribution in [2.24, 2.45) is 0 Å². The second-order valence-corrected chi connectivity index (χ2v) is 4.64. The van der Waals surface area contributed by atoms with E-state index in [4.69, 9.17) is 0 Å². The van der Waals surface area contributed by atoms with Crippen molar-refractivity contribution in [3.05, 3.63) is 59.9 Å². The molecule has 0 saturated heterocycles. The van der Waals surface area contributed by atoms with Crippen molar-refractivity contribution >= 4 is 17.7 Å². The second kappa shape index (κ2) is 6.85. The molecule has 0 heterocycles. The van der Waals surface area contributed by atoms with Gasteiger partial charge in [-0.15, -0.1) is 0 Å². The van der Waals surface area contributed by atoms with Gasteiger partial charge in [0.15, 0.2) is 6.29 Å². The maximum atomic E-state index is 14.2. The molecule has 2 aromatic rings. The van der Waals surface area contributed by atoms with Crippen molar-refractivity contribution in [3.8, 4) is 0 Å². The lowest BCUT2D eigenvalue weighted by Crippen LogP contribution is -2.21. The minimum atomic E-state index is -0.366. The van der Waals surface area contributed by atoms with E-state index in [9.17, 15) is 9.18 Å². The Morgan fingerprint density at radius 3 is 2.50 bits per heavy atom. The van der Waals surface area contributed by atoms with Gasteiger partial charge in [-0.05, 0) is 30.7 Å². The zero-order valence-corrected chi connectivity index (χ0v) is 11.6. The molecule has 0 bridgehead atoms. The predicted molar refractivity (Wildman–Crippen MR) is 80.1 cm³/mol. The molecule has 0 spiro atoms. The number of benzene rings is 2.